The van der Waals surface area contributed by atoms with Crippen molar-refractivity contribution in [2.24, 2.45) is 0 Å². The van der Waals surface area contributed by atoms with Crippen molar-refractivity contribution in [3.05, 3.63) is 29.6 Å². The second kappa shape index (κ2) is 6.31. The molecule has 122 valence electrons. The van der Waals surface area contributed by atoms with E-state index in [1.807, 2.05) is 0 Å². The molecule has 1 saturated carbocycles. The number of carbonyl (C=O) groups excluding carboxylic acids is 1. The van der Waals surface area contributed by atoms with Crippen LogP contribution in [0.2, 0.25) is 0 Å². The number of amides is 1. The predicted octanol–water partition coefficient (Wildman–Crippen LogP) is 0.765. The van der Waals surface area contributed by atoms with E-state index in [4.69, 9.17) is 0 Å². The van der Waals surface area contributed by atoms with Gasteiger partial charge in [0.2, 0.25) is 10.0 Å². The fourth-order valence-corrected chi connectivity index (χ4v) is 3.47. The first-order valence-electron chi connectivity index (χ1n) is 7.00. The summed E-state index contributed by atoms with van der Waals surface area (Å²) in [5, 5.41) is 11.7. The molecule has 1 aromatic rings. The molecule has 0 atom stereocenters. The van der Waals surface area contributed by atoms with Gasteiger partial charge in [-0.15, -0.1) is 0 Å². The van der Waals surface area contributed by atoms with Gasteiger partial charge in [0.25, 0.3) is 5.91 Å². The lowest BCUT2D eigenvalue weighted by molar-refractivity contribution is 0.0561. The summed E-state index contributed by atoms with van der Waals surface area (Å²) in [5.41, 5.74) is -0.326. The lowest BCUT2D eigenvalue weighted by Crippen LogP contribution is -2.46. The zero-order valence-electron chi connectivity index (χ0n) is 12.3. The van der Waals surface area contributed by atoms with E-state index in [0.29, 0.717) is 12.8 Å². The van der Waals surface area contributed by atoms with Crippen LogP contribution >= 0.6 is 0 Å². The Morgan fingerprint density at radius 3 is 2.55 bits per heavy atom. The Labute approximate surface area is 128 Å². The molecule has 1 fully saturated rings. The third-order valence-corrected chi connectivity index (χ3v) is 4.99. The average molecular weight is 330 g/mol. The normalized spacial score (nSPS) is 21.5. The van der Waals surface area contributed by atoms with E-state index in [-0.39, 0.29) is 22.5 Å². The van der Waals surface area contributed by atoms with Crippen molar-refractivity contribution >= 4 is 15.9 Å². The molecule has 1 aliphatic carbocycles. The van der Waals surface area contributed by atoms with Gasteiger partial charge < -0.3 is 10.4 Å². The highest BCUT2D eigenvalue weighted by Crippen LogP contribution is 2.21. The Balaban J connectivity index is 2.21. The van der Waals surface area contributed by atoms with E-state index in [9.17, 15) is 22.7 Å². The maximum Gasteiger partial charge on any atom is 0.254 e. The van der Waals surface area contributed by atoms with Gasteiger partial charge in [-0.05, 0) is 44.9 Å². The molecule has 3 N–H and O–H groups in total. The summed E-state index contributed by atoms with van der Waals surface area (Å²) in [6, 6.07) is 2.56. The first-order chi connectivity index (χ1) is 10.2. The number of hydrogen-bond acceptors (Lipinski definition) is 4. The first kappa shape index (κ1) is 16.9. The third-order valence-electron chi connectivity index (χ3n) is 3.33. The Morgan fingerprint density at radius 2 is 2.00 bits per heavy atom. The summed E-state index contributed by atoms with van der Waals surface area (Å²) in [7, 11) is -3.80. The molecule has 1 amide bonds. The molecule has 0 bridgehead atoms. The Hall–Kier alpha value is -1.51. The summed E-state index contributed by atoms with van der Waals surface area (Å²) in [6.07, 6.45) is 0.387. The second-order valence-corrected chi connectivity index (χ2v) is 7.43. The minimum atomic E-state index is -3.80. The lowest BCUT2D eigenvalue weighted by atomic mass is 9.89. The fourth-order valence-electron chi connectivity index (χ4n) is 2.19. The molecule has 0 radical (unpaired) electrons. The third kappa shape index (κ3) is 3.82. The van der Waals surface area contributed by atoms with Crippen molar-refractivity contribution in [2.45, 2.75) is 49.8 Å². The molecule has 1 aromatic carbocycles. The second-order valence-electron chi connectivity index (χ2n) is 5.71. The zero-order valence-corrected chi connectivity index (χ0v) is 13.2. The largest absolute Gasteiger partial charge is 0.393 e. The summed E-state index contributed by atoms with van der Waals surface area (Å²) >= 11 is 0. The summed E-state index contributed by atoms with van der Waals surface area (Å²) in [5.74, 6) is -1.48. The van der Waals surface area contributed by atoms with Gasteiger partial charge in [0.05, 0.1) is 16.6 Å². The van der Waals surface area contributed by atoms with Crippen LogP contribution in [0.15, 0.2) is 23.1 Å². The van der Waals surface area contributed by atoms with Crippen molar-refractivity contribution in [1.29, 1.82) is 0 Å². The summed E-state index contributed by atoms with van der Waals surface area (Å²) < 4.78 is 40.3. The van der Waals surface area contributed by atoms with Crippen LogP contribution in [0.3, 0.4) is 0 Å². The summed E-state index contributed by atoms with van der Waals surface area (Å²) in [4.78, 5) is 11.9. The van der Waals surface area contributed by atoms with Crippen LogP contribution in [0, 0.1) is 5.82 Å². The molecular formula is C14H19FN2O4S. The number of carbonyl (C=O) groups is 1. The van der Waals surface area contributed by atoms with E-state index >= 15 is 0 Å². The molecule has 8 heteroatoms. The highest BCUT2D eigenvalue weighted by molar-refractivity contribution is 7.89. The molecule has 22 heavy (non-hydrogen) atoms. The average Bonchev–Trinajstić information content (AvgIpc) is 2.35. The maximum absolute atomic E-state index is 13.8. The number of aliphatic hydroxyl groups excluding tert-OH is 1. The van der Waals surface area contributed by atoms with Crippen LogP contribution in [-0.2, 0) is 10.0 Å². The SMILES string of the molecule is CC(C)NS(=O)(=O)c1ccc(F)c(C(=O)NC2CC(O)C2)c1. The van der Waals surface area contributed by atoms with E-state index in [0.717, 1.165) is 18.2 Å². The fraction of sp³-hybridized carbons (Fsp3) is 0.500. The van der Waals surface area contributed by atoms with Crippen molar-refractivity contribution in [3.63, 3.8) is 0 Å². The van der Waals surface area contributed by atoms with Crippen LogP contribution in [0.1, 0.15) is 37.0 Å². The van der Waals surface area contributed by atoms with Gasteiger partial charge in [0.1, 0.15) is 5.82 Å². The number of halogens is 1. The highest BCUT2D eigenvalue weighted by Gasteiger charge is 2.29. The van der Waals surface area contributed by atoms with Gasteiger partial charge in [0, 0.05) is 12.1 Å². The van der Waals surface area contributed by atoms with E-state index in [1.165, 1.54) is 0 Å². The quantitative estimate of drug-likeness (QED) is 0.743. The van der Waals surface area contributed by atoms with Gasteiger partial charge in [-0.2, -0.15) is 0 Å². The predicted molar refractivity (Wildman–Crippen MR) is 78.4 cm³/mol. The smallest absolute Gasteiger partial charge is 0.254 e. The number of benzene rings is 1. The van der Waals surface area contributed by atoms with Gasteiger partial charge in [-0.1, -0.05) is 0 Å². The van der Waals surface area contributed by atoms with Gasteiger partial charge in [-0.3, -0.25) is 4.79 Å². The van der Waals surface area contributed by atoms with Crippen LogP contribution < -0.4 is 10.0 Å². The topological polar surface area (TPSA) is 95.5 Å². The van der Waals surface area contributed by atoms with Gasteiger partial charge in [-0.25, -0.2) is 17.5 Å². The van der Waals surface area contributed by atoms with Gasteiger partial charge in [0.15, 0.2) is 0 Å². The minimum absolute atomic E-state index is 0.165. The zero-order chi connectivity index (χ0) is 16.5. The Kier molecular flexibility index (Phi) is 4.84. The number of aliphatic hydroxyl groups is 1. The van der Waals surface area contributed by atoms with Gasteiger partial charge >= 0.3 is 0 Å². The highest BCUT2D eigenvalue weighted by atomic mass is 32.2. The molecule has 1 aliphatic rings. The number of sulfonamides is 1. The molecule has 0 saturated heterocycles. The Morgan fingerprint density at radius 1 is 1.36 bits per heavy atom. The lowest BCUT2D eigenvalue weighted by Gasteiger charge is -2.31. The van der Waals surface area contributed by atoms with Crippen molar-refractivity contribution in [3.8, 4) is 0 Å². The molecule has 0 aliphatic heterocycles. The molecular weight excluding hydrogens is 311 g/mol. The van der Waals surface area contributed by atoms with Crippen LogP contribution in [-0.4, -0.2) is 37.6 Å². The molecule has 6 nitrogen and oxygen atoms in total. The van der Waals surface area contributed by atoms with Crippen LogP contribution in [0.5, 0.6) is 0 Å². The molecule has 0 unspecified atom stereocenters. The van der Waals surface area contributed by atoms with Crippen molar-refractivity contribution in [2.75, 3.05) is 0 Å². The van der Waals surface area contributed by atoms with E-state index < -0.39 is 27.9 Å². The van der Waals surface area contributed by atoms with E-state index in [1.54, 1.807) is 13.8 Å². The van der Waals surface area contributed by atoms with Crippen LogP contribution in [0.25, 0.3) is 0 Å². The van der Waals surface area contributed by atoms with Crippen LogP contribution in [0.4, 0.5) is 4.39 Å². The molecule has 2 rings (SSSR count). The molecule has 0 spiro atoms. The standard InChI is InChI=1S/C14H19FN2O4S/c1-8(2)17-22(20,21)11-3-4-13(15)12(7-11)14(19)16-9-5-10(18)6-9/h3-4,7-10,17-18H,5-6H2,1-2H3,(H,16,19). The molecule has 0 aromatic heterocycles. The van der Waals surface area contributed by atoms with Crippen molar-refractivity contribution in [1.82, 2.24) is 10.0 Å². The Bertz CT molecular complexity index is 669. The molecule has 0 heterocycles. The monoisotopic (exact) mass is 330 g/mol. The number of nitrogens with one attached hydrogen (secondary N) is 2. The van der Waals surface area contributed by atoms with Crippen molar-refractivity contribution < 1.29 is 22.7 Å². The minimum Gasteiger partial charge on any atom is -0.393 e. The maximum atomic E-state index is 13.8. The number of hydrogen-bond donors (Lipinski definition) is 3. The summed E-state index contributed by atoms with van der Waals surface area (Å²) in [6.45, 7) is 3.33. The first-order valence-corrected chi connectivity index (χ1v) is 8.48. The number of rotatable bonds is 5. The van der Waals surface area contributed by atoms with E-state index in [2.05, 4.69) is 10.0 Å².